The van der Waals surface area contributed by atoms with Crippen molar-refractivity contribution in [3.63, 3.8) is 0 Å². The van der Waals surface area contributed by atoms with Gasteiger partial charge in [-0.25, -0.2) is 4.99 Å². The Balaban J connectivity index is 1.51. The molecule has 0 bridgehead atoms. The predicted molar refractivity (Wildman–Crippen MR) is 110 cm³/mol. The lowest BCUT2D eigenvalue weighted by atomic mass is 10.1. The normalized spacial score (nSPS) is 19.5. The first-order valence-electron chi connectivity index (χ1n) is 9.37. The largest absolute Gasteiger partial charge is 0.376 e. The van der Waals surface area contributed by atoms with Gasteiger partial charge in [-0.2, -0.15) is 0 Å². The predicted octanol–water partition coefficient (Wildman–Crippen LogP) is 1.68. The molecule has 1 fully saturated rings. The van der Waals surface area contributed by atoms with Gasteiger partial charge in [0.05, 0.1) is 6.10 Å². The van der Waals surface area contributed by atoms with E-state index in [-0.39, 0.29) is 29.6 Å². The third kappa shape index (κ3) is 3.70. The summed E-state index contributed by atoms with van der Waals surface area (Å²) in [6, 6.07) is 7.85. The molecule has 1 aromatic carbocycles. The van der Waals surface area contributed by atoms with Crippen molar-refractivity contribution in [3.8, 4) is 0 Å². The zero-order chi connectivity index (χ0) is 19.7. The number of thiocarbonyl (C=S) groups is 1. The number of fused-ring (bicyclic) bond motifs is 1. The molecule has 0 aliphatic carbocycles. The number of rotatable bonds is 6. The quantitative estimate of drug-likeness (QED) is 0.751. The molecule has 0 radical (unpaired) electrons. The Labute approximate surface area is 168 Å². The average Bonchev–Trinajstić information content (AvgIpc) is 3.38. The number of amides is 2. The van der Waals surface area contributed by atoms with Crippen LogP contribution in [0.4, 0.5) is 0 Å². The monoisotopic (exact) mass is 398 g/mol. The van der Waals surface area contributed by atoms with Crippen LogP contribution in [0.15, 0.2) is 35.5 Å². The summed E-state index contributed by atoms with van der Waals surface area (Å²) in [5.41, 5.74) is 2.33. The minimum absolute atomic E-state index is 0.0574. The van der Waals surface area contributed by atoms with E-state index in [1.807, 2.05) is 35.0 Å². The highest BCUT2D eigenvalue weighted by Gasteiger charge is 2.28. The number of aliphatic imine (C=N–C) groups is 1. The third-order valence-electron chi connectivity index (χ3n) is 5.16. The Morgan fingerprint density at radius 2 is 2.21 bits per heavy atom. The Hall–Kier alpha value is -2.58. The van der Waals surface area contributed by atoms with E-state index >= 15 is 0 Å². The summed E-state index contributed by atoms with van der Waals surface area (Å²) in [6.45, 7) is 1.53. The summed E-state index contributed by atoms with van der Waals surface area (Å²) in [6.07, 6.45) is 4.46. The maximum Gasteiger partial charge on any atom is 0.274 e. The number of ether oxygens (including phenoxy) is 1. The molecule has 2 aromatic rings. The van der Waals surface area contributed by atoms with E-state index in [9.17, 15) is 9.59 Å². The van der Waals surface area contributed by atoms with Crippen LogP contribution in [0, 0.1) is 0 Å². The highest BCUT2D eigenvalue weighted by molar-refractivity contribution is 7.80. The first-order valence-corrected chi connectivity index (χ1v) is 9.78. The van der Waals surface area contributed by atoms with Crippen LogP contribution in [0.3, 0.4) is 0 Å². The second kappa shape index (κ2) is 7.81. The molecule has 8 heteroatoms. The van der Waals surface area contributed by atoms with E-state index in [1.54, 1.807) is 7.05 Å². The topological polar surface area (TPSA) is 75.9 Å². The van der Waals surface area contributed by atoms with E-state index in [4.69, 9.17) is 17.0 Å². The number of hydrogen-bond acceptors (Lipinski definition) is 4. The minimum atomic E-state index is -0.170. The summed E-state index contributed by atoms with van der Waals surface area (Å²) in [4.78, 5) is 30.3. The zero-order valence-corrected chi connectivity index (χ0v) is 16.5. The average molecular weight is 398 g/mol. The fourth-order valence-corrected chi connectivity index (χ4v) is 3.85. The Morgan fingerprint density at radius 1 is 1.39 bits per heavy atom. The van der Waals surface area contributed by atoms with E-state index < -0.39 is 0 Å². The molecule has 0 saturated carbocycles. The van der Waals surface area contributed by atoms with Crippen LogP contribution in [0.5, 0.6) is 0 Å². The fraction of sp³-hybridized carbons (Fsp3) is 0.400. The molecule has 1 unspecified atom stereocenters. The van der Waals surface area contributed by atoms with E-state index in [2.05, 4.69) is 10.3 Å². The zero-order valence-electron chi connectivity index (χ0n) is 15.7. The number of nitrogens with zero attached hydrogens (tertiary/aromatic N) is 3. The standard InChI is InChI=1S/C20H22N4O3S/c1-23-19(26)16(22-20(23)28)9-13-11-24(17-7-3-2-6-15(13)17)12-18(25)21-10-14-5-4-8-27-14/h2-3,6-7,11,14H,4-5,8-10,12H2,1H3,(H,21,25). The molecule has 2 amide bonds. The second-order valence-electron chi connectivity index (χ2n) is 7.12. The lowest BCUT2D eigenvalue weighted by molar-refractivity contribution is -0.122. The van der Waals surface area contributed by atoms with E-state index in [0.717, 1.165) is 35.9 Å². The van der Waals surface area contributed by atoms with Crippen molar-refractivity contribution in [3.05, 3.63) is 36.0 Å². The molecular weight excluding hydrogens is 376 g/mol. The van der Waals surface area contributed by atoms with Crippen molar-refractivity contribution in [2.24, 2.45) is 4.99 Å². The summed E-state index contributed by atoms with van der Waals surface area (Å²) >= 11 is 5.09. The van der Waals surface area contributed by atoms with E-state index in [0.29, 0.717) is 18.7 Å². The Morgan fingerprint density at radius 3 is 2.93 bits per heavy atom. The summed E-state index contributed by atoms with van der Waals surface area (Å²) < 4.78 is 7.46. The number of aromatic nitrogens is 1. The molecule has 1 saturated heterocycles. The van der Waals surface area contributed by atoms with Crippen LogP contribution in [-0.4, -0.2) is 58.4 Å². The number of benzene rings is 1. The maximum absolute atomic E-state index is 12.4. The van der Waals surface area contributed by atoms with Crippen molar-refractivity contribution < 1.29 is 14.3 Å². The van der Waals surface area contributed by atoms with Crippen LogP contribution < -0.4 is 5.32 Å². The molecule has 7 nitrogen and oxygen atoms in total. The van der Waals surface area contributed by atoms with Gasteiger partial charge in [-0.05, 0) is 36.7 Å². The molecule has 1 aromatic heterocycles. The van der Waals surface area contributed by atoms with Crippen molar-refractivity contribution >= 4 is 45.8 Å². The van der Waals surface area contributed by atoms with Crippen LogP contribution in [0.25, 0.3) is 10.9 Å². The minimum Gasteiger partial charge on any atom is -0.376 e. The van der Waals surface area contributed by atoms with Gasteiger partial charge >= 0.3 is 0 Å². The van der Waals surface area contributed by atoms with Gasteiger partial charge in [0.1, 0.15) is 12.3 Å². The van der Waals surface area contributed by atoms with Gasteiger partial charge in [-0.1, -0.05) is 18.2 Å². The molecule has 1 atom stereocenters. The number of hydrogen-bond donors (Lipinski definition) is 1. The first-order chi connectivity index (χ1) is 13.5. The fourth-order valence-electron chi connectivity index (χ4n) is 3.65. The van der Waals surface area contributed by atoms with Gasteiger partial charge in [0.25, 0.3) is 5.91 Å². The molecule has 2 aliphatic heterocycles. The van der Waals surface area contributed by atoms with Crippen LogP contribution >= 0.6 is 12.2 Å². The van der Waals surface area contributed by atoms with Crippen molar-refractivity contribution in [1.82, 2.24) is 14.8 Å². The van der Waals surface area contributed by atoms with Crippen LogP contribution in [0.1, 0.15) is 18.4 Å². The molecule has 1 N–H and O–H groups in total. The maximum atomic E-state index is 12.4. The molecule has 146 valence electrons. The van der Waals surface area contributed by atoms with Gasteiger partial charge in [-0.15, -0.1) is 0 Å². The lowest BCUT2D eigenvalue weighted by Crippen LogP contribution is -2.34. The van der Waals surface area contributed by atoms with Crippen molar-refractivity contribution in [1.29, 1.82) is 0 Å². The lowest BCUT2D eigenvalue weighted by Gasteiger charge is -2.11. The van der Waals surface area contributed by atoms with Crippen LogP contribution in [0.2, 0.25) is 0 Å². The molecule has 3 heterocycles. The SMILES string of the molecule is CN1C(=O)C(Cc2cn(CC(=O)NCC3CCCO3)c3ccccc23)=NC1=S. The summed E-state index contributed by atoms with van der Waals surface area (Å²) in [7, 11) is 1.63. The Kier molecular flexibility index (Phi) is 5.23. The summed E-state index contributed by atoms with van der Waals surface area (Å²) in [5.74, 6) is -0.228. The number of carbonyl (C=O) groups excluding carboxylic acids is 2. The smallest absolute Gasteiger partial charge is 0.274 e. The molecule has 0 spiro atoms. The Bertz CT molecular complexity index is 975. The van der Waals surface area contributed by atoms with Crippen molar-refractivity contribution in [2.75, 3.05) is 20.2 Å². The van der Waals surface area contributed by atoms with Gasteiger partial charge in [0.15, 0.2) is 0 Å². The highest BCUT2D eigenvalue weighted by atomic mass is 32.1. The molecule has 28 heavy (non-hydrogen) atoms. The summed E-state index contributed by atoms with van der Waals surface area (Å²) in [5, 5.41) is 4.25. The molecule has 2 aliphatic rings. The van der Waals surface area contributed by atoms with Gasteiger partial charge in [-0.3, -0.25) is 14.5 Å². The van der Waals surface area contributed by atoms with Crippen molar-refractivity contribution in [2.45, 2.75) is 31.9 Å². The van der Waals surface area contributed by atoms with Gasteiger partial charge in [0, 0.05) is 43.7 Å². The first kappa shape index (κ1) is 18.8. The molecule has 4 rings (SSSR count). The second-order valence-corrected chi connectivity index (χ2v) is 7.49. The number of carbonyl (C=O) groups is 2. The van der Waals surface area contributed by atoms with E-state index in [1.165, 1.54) is 4.90 Å². The number of nitrogens with one attached hydrogen (secondary N) is 1. The van der Waals surface area contributed by atoms with Gasteiger partial charge in [0.2, 0.25) is 11.0 Å². The third-order valence-corrected chi connectivity index (χ3v) is 5.53. The van der Waals surface area contributed by atoms with Crippen LogP contribution in [-0.2, 0) is 27.3 Å². The van der Waals surface area contributed by atoms with Gasteiger partial charge < -0.3 is 14.6 Å². The highest BCUT2D eigenvalue weighted by Crippen LogP contribution is 2.23. The number of para-hydroxylation sites is 1. The molecular formula is C20H22N4O3S.